The predicted molar refractivity (Wildman–Crippen MR) is 256 cm³/mol. The summed E-state index contributed by atoms with van der Waals surface area (Å²) in [6, 6.07) is 18.7. The van der Waals surface area contributed by atoms with Crippen LogP contribution in [0.5, 0.6) is 5.75 Å². The van der Waals surface area contributed by atoms with Gasteiger partial charge in [-0.15, -0.1) is 11.3 Å². The number of carbonyl (C=O) groups is 3. The lowest BCUT2D eigenvalue weighted by Gasteiger charge is -2.35. The number of benzene rings is 3. The van der Waals surface area contributed by atoms with E-state index in [1.165, 1.54) is 11.9 Å². The molecule has 0 spiro atoms. The first-order valence-corrected chi connectivity index (χ1v) is 24.6. The number of ether oxygens (including phenoxy) is 2. The average Bonchev–Trinajstić information content (AvgIpc) is 3.92. The Balaban J connectivity index is 0.939. The Labute approximate surface area is 402 Å². The highest BCUT2D eigenvalue weighted by molar-refractivity contribution is 7.92. The summed E-state index contributed by atoms with van der Waals surface area (Å²) in [6.45, 7) is 7.72. The molecule has 3 unspecified atom stereocenters. The Bertz CT molecular complexity index is 2680. The molecule has 1 fully saturated rings. The number of hydrogen-bond acceptors (Lipinski definition) is 14. The van der Waals surface area contributed by atoms with Crippen molar-refractivity contribution in [2.24, 2.45) is 5.41 Å². The van der Waals surface area contributed by atoms with Crippen LogP contribution in [0, 0.1) is 12.3 Å². The Morgan fingerprint density at radius 1 is 0.971 bits per heavy atom. The molecule has 6 rings (SSSR count). The van der Waals surface area contributed by atoms with E-state index in [1.54, 1.807) is 86.1 Å². The molecule has 1 aliphatic heterocycles. The molecule has 3 aromatic carbocycles. The highest BCUT2D eigenvalue weighted by atomic mass is 32.2. The number of likely N-dealkylation sites (tertiary alicyclic amines) is 1. The van der Waals surface area contributed by atoms with Gasteiger partial charge in [0, 0.05) is 51.4 Å². The van der Waals surface area contributed by atoms with Crippen LogP contribution in [-0.4, -0.2) is 109 Å². The number of rotatable bonds is 20. The van der Waals surface area contributed by atoms with Gasteiger partial charge < -0.3 is 40.7 Å². The lowest BCUT2D eigenvalue weighted by molar-refractivity contribution is -0.144. The van der Waals surface area contributed by atoms with Crippen molar-refractivity contribution in [3.8, 4) is 16.2 Å². The van der Waals surface area contributed by atoms with Crippen LogP contribution in [0.2, 0.25) is 0 Å². The van der Waals surface area contributed by atoms with E-state index in [0.29, 0.717) is 28.9 Å². The van der Waals surface area contributed by atoms with Crippen LogP contribution in [0.15, 0.2) is 84.5 Å². The highest BCUT2D eigenvalue weighted by Gasteiger charge is 2.44. The molecule has 2 aromatic heterocycles. The van der Waals surface area contributed by atoms with Crippen molar-refractivity contribution in [3.63, 3.8) is 0 Å². The zero-order valence-corrected chi connectivity index (χ0v) is 40.6. The maximum atomic E-state index is 14.0. The second kappa shape index (κ2) is 22.4. The molecule has 0 radical (unpaired) electrons. The minimum Gasteiger partial charge on any atom is -0.491 e. The molecule has 0 saturated carbocycles. The summed E-state index contributed by atoms with van der Waals surface area (Å²) in [5.74, 6) is -1.44. The number of nitrogens with one attached hydrogen (secondary N) is 4. The Morgan fingerprint density at radius 3 is 2.35 bits per heavy atom. The van der Waals surface area contributed by atoms with Gasteiger partial charge in [-0.2, -0.15) is 18.2 Å². The minimum absolute atomic E-state index is 0.0260. The minimum atomic E-state index is -4.76. The molecule has 0 aliphatic carbocycles. The van der Waals surface area contributed by atoms with Gasteiger partial charge in [0.2, 0.25) is 33.7 Å². The van der Waals surface area contributed by atoms with Crippen LogP contribution in [0.1, 0.15) is 56.0 Å². The zero-order chi connectivity index (χ0) is 50.1. The fourth-order valence-corrected chi connectivity index (χ4v) is 8.59. The molecule has 3 amide bonds. The normalized spacial score (nSPS) is 15.6. The fourth-order valence-electron chi connectivity index (χ4n) is 7.29. The molecule has 17 nitrogen and oxygen atoms in total. The van der Waals surface area contributed by atoms with Crippen LogP contribution in [0.3, 0.4) is 0 Å². The molecule has 370 valence electrons. The van der Waals surface area contributed by atoms with E-state index >= 15 is 0 Å². The molecule has 5 aromatic rings. The number of aromatic nitrogens is 3. The van der Waals surface area contributed by atoms with Crippen molar-refractivity contribution in [3.05, 3.63) is 107 Å². The first-order chi connectivity index (χ1) is 32.6. The maximum absolute atomic E-state index is 14.0. The number of carbonyl (C=O) groups excluding carboxylic acids is 3. The number of sulfonamides is 1. The van der Waals surface area contributed by atoms with Gasteiger partial charge in [-0.25, -0.2) is 18.4 Å². The number of thiazole rings is 1. The zero-order valence-electron chi connectivity index (χ0n) is 39.0. The third-order valence-corrected chi connectivity index (χ3v) is 13.3. The Kier molecular flexibility index (Phi) is 16.9. The molecule has 3 heterocycles. The monoisotopic (exact) mass is 995 g/mol. The standard InChI is InChI=1S/C47H56F3N9O8S2/c1-29-40(68-28-54-29)32-12-10-30(11-13-32)24-52-43(62)38-23-35(60)27-59(38)44(63)41(46(2,3)4)56-39(61)18-19-66-20-21-67-36-16-14-33(15-17-36)55-45-53-26-37(47(48,49)50)42(57-45)51-25-31-8-7-9-34(22-31)58(5)69(6,64)65/h7-17,22,26,28,35,38,41,60H,18-21,23-25,27H2,1-6H3,(H,52,62)(H,56,61)(H2,51,53,55,57). The van der Waals surface area contributed by atoms with Gasteiger partial charge in [-0.05, 0) is 65.4 Å². The van der Waals surface area contributed by atoms with E-state index in [9.17, 15) is 41.1 Å². The predicted octanol–water partition coefficient (Wildman–Crippen LogP) is 6.27. The number of aliphatic hydroxyl groups is 1. The average molecular weight is 996 g/mol. The third kappa shape index (κ3) is 14.3. The quantitative estimate of drug-likeness (QED) is 0.0544. The molecular weight excluding hydrogens is 940 g/mol. The molecule has 3 atom stereocenters. The van der Waals surface area contributed by atoms with Crippen molar-refractivity contribution in [2.45, 2.75) is 78.0 Å². The van der Waals surface area contributed by atoms with Gasteiger partial charge in [0.15, 0.2) is 0 Å². The van der Waals surface area contributed by atoms with Crippen LogP contribution >= 0.6 is 11.3 Å². The second-order valence-corrected chi connectivity index (χ2v) is 20.4. The van der Waals surface area contributed by atoms with Gasteiger partial charge in [0.1, 0.15) is 35.8 Å². The van der Waals surface area contributed by atoms with Crippen LogP contribution in [-0.2, 0) is 48.4 Å². The smallest absolute Gasteiger partial charge is 0.421 e. The molecule has 22 heteroatoms. The molecular formula is C47H56F3N9O8S2. The summed E-state index contributed by atoms with van der Waals surface area (Å²) in [5, 5.41) is 21.8. The lowest BCUT2D eigenvalue weighted by atomic mass is 9.85. The van der Waals surface area contributed by atoms with Crippen molar-refractivity contribution < 1.29 is 50.6 Å². The number of aryl methyl sites for hydroxylation is 1. The molecule has 0 bridgehead atoms. The van der Waals surface area contributed by atoms with Crippen LogP contribution < -0.4 is 30.3 Å². The van der Waals surface area contributed by atoms with Crippen molar-refractivity contribution in [2.75, 3.05) is 54.6 Å². The van der Waals surface area contributed by atoms with E-state index in [4.69, 9.17) is 9.47 Å². The van der Waals surface area contributed by atoms with Gasteiger partial charge in [0.25, 0.3) is 0 Å². The fraction of sp³-hybridized carbons (Fsp3) is 0.404. The molecule has 1 saturated heterocycles. The van der Waals surface area contributed by atoms with Gasteiger partial charge in [-0.1, -0.05) is 57.2 Å². The van der Waals surface area contributed by atoms with Crippen molar-refractivity contribution in [1.29, 1.82) is 0 Å². The summed E-state index contributed by atoms with van der Waals surface area (Å²) in [7, 11) is -2.18. The summed E-state index contributed by atoms with van der Waals surface area (Å²) in [6.07, 6.45) is -3.95. The van der Waals surface area contributed by atoms with Gasteiger partial charge >= 0.3 is 6.18 Å². The number of alkyl halides is 3. The van der Waals surface area contributed by atoms with Crippen LogP contribution in [0.25, 0.3) is 10.4 Å². The molecule has 69 heavy (non-hydrogen) atoms. The second-order valence-electron chi connectivity index (χ2n) is 17.5. The van der Waals surface area contributed by atoms with E-state index < -0.39 is 68.9 Å². The maximum Gasteiger partial charge on any atom is 0.421 e. The number of anilines is 4. The van der Waals surface area contributed by atoms with Gasteiger partial charge in [-0.3, -0.25) is 18.7 Å². The number of amides is 3. The molecule has 5 N–H and O–H groups in total. The lowest BCUT2D eigenvalue weighted by Crippen LogP contribution is -2.57. The number of β-amino-alcohol motifs (C(OH)–C–C–N with tert-alkyl or cyclic N) is 1. The van der Waals surface area contributed by atoms with Crippen LogP contribution in [0.4, 0.5) is 36.3 Å². The third-order valence-electron chi connectivity index (χ3n) is 11.1. The van der Waals surface area contributed by atoms with Crippen molar-refractivity contribution >= 4 is 62.2 Å². The van der Waals surface area contributed by atoms with E-state index in [-0.39, 0.29) is 58.2 Å². The topological polar surface area (TPSA) is 217 Å². The summed E-state index contributed by atoms with van der Waals surface area (Å²) in [5.41, 5.74) is 4.13. The van der Waals surface area contributed by atoms with Gasteiger partial charge in [0.05, 0.1) is 47.3 Å². The number of halogens is 3. The highest BCUT2D eigenvalue weighted by Crippen LogP contribution is 2.35. The van der Waals surface area contributed by atoms with E-state index in [0.717, 1.165) is 32.3 Å². The Hall–Kier alpha value is -6.36. The van der Waals surface area contributed by atoms with E-state index in [1.807, 2.05) is 31.2 Å². The first kappa shape index (κ1) is 52.0. The first-order valence-electron chi connectivity index (χ1n) is 21.9. The van der Waals surface area contributed by atoms with E-state index in [2.05, 4.69) is 36.2 Å². The summed E-state index contributed by atoms with van der Waals surface area (Å²) < 4.78 is 78.0. The van der Waals surface area contributed by atoms with Crippen molar-refractivity contribution in [1.82, 2.24) is 30.5 Å². The summed E-state index contributed by atoms with van der Waals surface area (Å²) >= 11 is 1.55. The largest absolute Gasteiger partial charge is 0.491 e. The Morgan fingerprint density at radius 2 is 1.70 bits per heavy atom. The number of nitrogens with zero attached hydrogens (tertiary/aromatic N) is 5. The molecule has 1 aliphatic rings. The number of aliphatic hydroxyl groups excluding tert-OH is 1. The SMILES string of the molecule is Cc1ncsc1-c1ccc(CNC(=O)C2CC(O)CN2C(=O)C(NC(=O)CCOCCOc2ccc(Nc3ncc(C(F)(F)F)c(NCc4cccc(N(C)S(C)(=O)=O)c4)n3)cc2)C(C)(C)C)cc1. The summed E-state index contributed by atoms with van der Waals surface area (Å²) in [4.78, 5) is 55.1. The number of hydrogen-bond donors (Lipinski definition) is 5.